The summed E-state index contributed by atoms with van der Waals surface area (Å²) >= 11 is 3.72. The number of hydrogen-bond acceptors (Lipinski definition) is 11. The molecule has 0 radical (unpaired) electrons. The highest BCUT2D eigenvalue weighted by atomic mass is 32.2. The third kappa shape index (κ3) is 4.50. The van der Waals surface area contributed by atoms with E-state index in [0.717, 1.165) is 0 Å². The van der Waals surface area contributed by atoms with Gasteiger partial charge in [-0.2, -0.15) is 5.26 Å². The minimum atomic E-state index is -0.883. The van der Waals surface area contributed by atoms with E-state index in [1.54, 1.807) is 34.7 Å². The van der Waals surface area contributed by atoms with Crippen LogP contribution in [0, 0.1) is 17.1 Å². The first-order valence-corrected chi connectivity index (χ1v) is 13.5. The van der Waals surface area contributed by atoms with Crippen LogP contribution in [0.25, 0.3) is 0 Å². The van der Waals surface area contributed by atoms with Crippen molar-refractivity contribution in [3.05, 3.63) is 69.9 Å². The summed E-state index contributed by atoms with van der Waals surface area (Å²) in [4.78, 5) is 30.9. The number of rotatable bonds is 6. The van der Waals surface area contributed by atoms with E-state index in [0.29, 0.717) is 45.1 Å². The molecule has 1 unspecified atom stereocenters. The Labute approximate surface area is 217 Å². The second-order valence-electron chi connectivity index (χ2n) is 7.86. The van der Waals surface area contributed by atoms with Gasteiger partial charge in [-0.15, -0.1) is 21.5 Å². The van der Waals surface area contributed by atoms with Crippen LogP contribution in [0.15, 0.2) is 62.8 Å². The molecule has 3 N–H and O–H groups in total. The Morgan fingerprint density at radius 2 is 2.17 bits per heavy atom. The second-order valence-corrected chi connectivity index (χ2v) is 10.9. The van der Waals surface area contributed by atoms with Crippen molar-refractivity contribution in [2.75, 3.05) is 16.0 Å². The Kier molecular flexibility index (Phi) is 6.82. The van der Waals surface area contributed by atoms with Gasteiger partial charge in [0.05, 0.1) is 23.3 Å². The SMILES string of the molecule is N#CC1=C(N)N(c2nnc(SCC(=O)Nc3nccs3)s2)C2=C(C(=O)CCC2)C1c1ccccc1F. The molecule has 1 aromatic carbocycles. The lowest BCUT2D eigenvalue weighted by molar-refractivity contribution is -0.116. The monoisotopic (exact) mass is 539 g/mol. The minimum absolute atomic E-state index is 0.0846. The second kappa shape index (κ2) is 10.2. The molecule has 36 heavy (non-hydrogen) atoms. The van der Waals surface area contributed by atoms with Crippen molar-refractivity contribution in [2.45, 2.75) is 29.5 Å². The number of amides is 1. The van der Waals surface area contributed by atoms with Crippen LogP contribution in [0.1, 0.15) is 30.7 Å². The Hall–Kier alpha value is -3.60. The van der Waals surface area contributed by atoms with Crippen LogP contribution in [0.3, 0.4) is 0 Å². The first-order chi connectivity index (χ1) is 17.5. The number of Topliss-reactive ketones (excluding diaryl/α,β-unsaturated/α-hetero) is 1. The van der Waals surface area contributed by atoms with Gasteiger partial charge < -0.3 is 11.1 Å². The molecular formula is C23H18FN7O2S3. The molecule has 13 heteroatoms. The largest absolute Gasteiger partial charge is 0.384 e. The molecule has 1 aliphatic carbocycles. The molecule has 0 saturated carbocycles. The number of halogens is 1. The van der Waals surface area contributed by atoms with E-state index in [4.69, 9.17) is 5.73 Å². The molecule has 0 fully saturated rings. The van der Waals surface area contributed by atoms with Crippen LogP contribution in [-0.2, 0) is 9.59 Å². The number of anilines is 2. The fraction of sp³-hybridized carbons (Fsp3) is 0.217. The molecule has 1 amide bonds. The van der Waals surface area contributed by atoms with Gasteiger partial charge in [0, 0.05) is 34.8 Å². The highest BCUT2D eigenvalue weighted by molar-refractivity contribution is 8.01. The van der Waals surface area contributed by atoms with E-state index in [9.17, 15) is 19.2 Å². The molecule has 0 saturated heterocycles. The summed E-state index contributed by atoms with van der Waals surface area (Å²) in [6.07, 6.45) is 3.03. The maximum atomic E-state index is 14.8. The van der Waals surface area contributed by atoms with Crippen LogP contribution in [0.5, 0.6) is 0 Å². The number of nitrogens with two attached hydrogens (primary N) is 1. The maximum absolute atomic E-state index is 14.8. The summed E-state index contributed by atoms with van der Waals surface area (Å²) in [6, 6.07) is 8.21. The highest BCUT2D eigenvalue weighted by Crippen LogP contribution is 2.47. The zero-order valence-corrected chi connectivity index (χ0v) is 21.1. The number of nitrogens with one attached hydrogen (secondary N) is 1. The lowest BCUT2D eigenvalue weighted by atomic mass is 9.75. The molecule has 0 spiro atoms. The molecule has 3 heterocycles. The Bertz CT molecular complexity index is 1440. The number of nitrogens with zero attached hydrogens (tertiary/aromatic N) is 5. The van der Waals surface area contributed by atoms with E-state index < -0.39 is 11.7 Å². The molecule has 182 valence electrons. The van der Waals surface area contributed by atoms with Crippen LogP contribution in [0.2, 0.25) is 0 Å². The third-order valence-corrected chi connectivity index (χ3v) is 8.45. The van der Waals surface area contributed by atoms with Crippen LogP contribution < -0.4 is 16.0 Å². The Morgan fingerprint density at radius 3 is 2.92 bits per heavy atom. The van der Waals surface area contributed by atoms with Gasteiger partial charge in [-0.25, -0.2) is 9.37 Å². The van der Waals surface area contributed by atoms with E-state index in [-0.39, 0.29) is 34.4 Å². The van der Waals surface area contributed by atoms with E-state index >= 15 is 0 Å². The first-order valence-electron chi connectivity index (χ1n) is 10.8. The smallest absolute Gasteiger partial charge is 0.236 e. The summed E-state index contributed by atoms with van der Waals surface area (Å²) in [5, 5.41) is 23.8. The molecule has 1 atom stereocenters. The summed E-state index contributed by atoms with van der Waals surface area (Å²) in [7, 11) is 0. The number of carbonyl (C=O) groups is 2. The highest BCUT2D eigenvalue weighted by Gasteiger charge is 2.42. The van der Waals surface area contributed by atoms with Crippen molar-refractivity contribution in [1.29, 1.82) is 5.26 Å². The number of benzene rings is 1. The zero-order chi connectivity index (χ0) is 25.2. The van der Waals surface area contributed by atoms with Crippen LogP contribution >= 0.6 is 34.4 Å². The maximum Gasteiger partial charge on any atom is 0.236 e. The predicted octanol–water partition coefficient (Wildman–Crippen LogP) is 4.17. The Morgan fingerprint density at radius 1 is 1.33 bits per heavy atom. The van der Waals surface area contributed by atoms with Gasteiger partial charge in [-0.1, -0.05) is 41.3 Å². The average molecular weight is 540 g/mol. The third-order valence-electron chi connectivity index (χ3n) is 5.72. The van der Waals surface area contributed by atoms with E-state index in [1.165, 1.54) is 40.5 Å². The molecule has 3 aromatic rings. The van der Waals surface area contributed by atoms with Crippen molar-refractivity contribution in [3.8, 4) is 6.07 Å². The number of thioether (sulfide) groups is 1. The number of ketones is 1. The van der Waals surface area contributed by atoms with Crippen LogP contribution in [-0.4, -0.2) is 32.6 Å². The summed E-state index contributed by atoms with van der Waals surface area (Å²) in [5.74, 6) is -1.57. The quantitative estimate of drug-likeness (QED) is 0.442. The summed E-state index contributed by atoms with van der Waals surface area (Å²) < 4.78 is 15.3. The number of hydrogen-bond donors (Lipinski definition) is 2. The summed E-state index contributed by atoms with van der Waals surface area (Å²) in [6.45, 7) is 0. The summed E-state index contributed by atoms with van der Waals surface area (Å²) in [5.41, 5.74) is 7.77. The molecule has 5 rings (SSSR count). The lowest BCUT2D eigenvalue weighted by Gasteiger charge is -2.38. The fourth-order valence-electron chi connectivity index (χ4n) is 4.24. The zero-order valence-electron chi connectivity index (χ0n) is 18.6. The van der Waals surface area contributed by atoms with Crippen LogP contribution in [0.4, 0.5) is 14.7 Å². The van der Waals surface area contributed by atoms with Gasteiger partial charge >= 0.3 is 0 Å². The number of allylic oxidation sites excluding steroid dienone is 3. The molecular weight excluding hydrogens is 521 g/mol. The topological polar surface area (TPSA) is 138 Å². The first kappa shape index (κ1) is 24.1. The van der Waals surface area contributed by atoms with Gasteiger partial charge in [-0.3, -0.25) is 14.5 Å². The number of thiazole rings is 1. The standard InChI is InChI=1S/C23H18FN7O2S3/c24-14-5-2-1-4-12(14)18-13(10-25)20(26)31(15-6-3-7-16(32)19(15)18)22-29-30-23(36-22)35-11-17(33)28-21-27-8-9-34-21/h1-2,4-5,8-9,18H,3,6-7,11,26H2,(H,27,28,33). The fourth-order valence-corrected chi connectivity index (χ4v) is 6.47. The van der Waals surface area contributed by atoms with E-state index in [2.05, 4.69) is 26.6 Å². The molecule has 9 nitrogen and oxygen atoms in total. The van der Waals surface area contributed by atoms with Crippen molar-refractivity contribution >= 4 is 56.4 Å². The number of aromatic nitrogens is 3. The van der Waals surface area contributed by atoms with E-state index in [1.807, 2.05) is 0 Å². The molecule has 0 bridgehead atoms. The molecule has 2 aromatic heterocycles. The number of carbonyl (C=O) groups excluding carboxylic acids is 2. The van der Waals surface area contributed by atoms with Crippen molar-refractivity contribution < 1.29 is 14.0 Å². The van der Waals surface area contributed by atoms with Gasteiger partial charge in [0.25, 0.3) is 0 Å². The minimum Gasteiger partial charge on any atom is -0.384 e. The van der Waals surface area contributed by atoms with Crippen molar-refractivity contribution in [1.82, 2.24) is 15.2 Å². The van der Waals surface area contributed by atoms with Crippen molar-refractivity contribution in [3.63, 3.8) is 0 Å². The van der Waals surface area contributed by atoms with Gasteiger partial charge in [0.1, 0.15) is 11.6 Å². The van der Waals surface area contributed by atoms with Gasteiger partial charge in [0.15, 0.2) is 15.3 Å². The lowest BCUT2D eigenvalue weighted by Crippen LogP contribution is -2.38. The number of nitriles is 1. The van der Waals surface area contributed by atoms with Gasteiger partial charge in [-0.05, 0) is 18.9 Å². The molecule has 2 aliphatic rings. The molecule has 1 aliphatic heterocycles. The van der Waals surface area contributed by atoms with Gasteiger partial charge in [0.2, 0.25) is 11.0 Å². The normalized spacial score (nSPS) is 17.7. The Balaban J connectivity index is 1.47. The predicted molar refractivity (Wildman–Crippen MR) is 136 cm³/mol. The van der Waals surface area contributed by atoms with Crippen molar-refractivity contribution in [2.24, 2.45) is 5.73 Å². The average Bonchev–Trinajstić information content (AvgIpc) is 3.55.